The van der Waals surface area contributed by atoms with Crippen LogP contribution < -0.4 is 4.90 Å². The summed E-state index contributed by atoms with van der Waals surface area (Å²) in [5, 5.41) is 0.505. The van der Waals surface area contributed by atoms with E-state index in [4.69, 9.17) is 11.6 Å². The molecule has 4 rings (SSSR count). The monoisotopic (exact) mass is 408 g/mol. The Balaban J connectivity index is 1.74. The number of hydrogen-bond donors (Lipinski definition) is 0. The largest absolute Gasteiger partial charge is 0.325 e. The van der Waals surface area contributed by atoms with Crippen LogP contribution in [0.1, 0.15) is 11.1 Å². The van der Waals surface area contributed by atoms with Crippen molar-refractivity contribution >= 4 is 33.2 Å². The topological polar surface area (TPSA) is 57.7 Å². The highest BCUT2D eigenvalue weighted by Gasteiger charge is 2.53. The van der Waals surface area contributed by atoms with Gasteiger partial charge in [0.15, 0.2) is 9.84 Å². The summed E-state index contributed by atoms with van der Waals surface area (Å²) in [6, 6.07) is 10.1. The molecule has 2 heterocycles. The quantitative estimate of drug-likeness (QED) is 0.731. The van der Waals surface area contributed by atoms with Crippen LogP contribution in [-0.2, 0) is 16.4 Å². The number of hydrogen-bond acceptors (Lipinski definition) is 3. The lowest BCUT2D eigenvalue weighted by molar-refractivity contribution is 0.205. The minimum atomic E-state index is -3.29. The van der Waals surface area contributed by atoms with Crippen LogP contribution in [0.4, 0.5) is 14.9 Å². The molecule has 142 valence electrons. The van der Waals surface area contributed by atoms with Crippen LogP contribution in [0.5, 0.6) is 0 Å². The van der Waals surface area contributed by atoms with E-state index in [0.717, 1.165) is 5.56 Å². The number of aryl methyl sites for hydroxylation is 1. The van der Waals surface area contributed by atoms with Crippen molar-refractivity contribution in [3.8, 4) is 0 Å². The van der Waals surface area contributed by atoms with Gasteiger partial charge in [-0.2, -0.15) is 0 Å². The Kier molecular flexibility index (Phi) is 4.39. The SMILES string of the molecule is Cc1ccc(N2C(=O)N(Cc3ccccc3F)C3CS(=O)(=O)CC32)cc1Cl. The van der Waals surface area contributed by atoms with Gasteiger partial charge in [-0.1, -0.05) is 35.9 Å². The van der Waals surface area contributed by atoms with Crippen LogP contribution in [0, 0.1) is 12.7 Å². The Hall–Kier alpha value is -2.12. The van der Waals surface area contributed by atoms with Gasteiger partial charge in [-0.3, -0.25) is 4.90 Å². The first-order valence-corrected chi connectivity index (χ1v) is 10.8. The molecular weight excluding hydrogens is 391 g/mol. The van der Waals surface area contributed by atoms with Crippen LogP contribution in [0.15, 0.2) is 42.5 Å². The molecule has 2 amide bonds. The predicted octanol–water partition coefficient (Wildman–Crippen LogP) is 3.40. The molecular formula is C19H18ClFN2O3S. The molecule has 2 aromatic rings. The summed E-state index contributed by atoms with van der Waals surface area (Å²) in [6.45, 7) is 1.88. The van der Waals surface area contributed by atoms with E-state index in [0.29, 0.717) is 16.3 Å². The van der Waals surface area contributed by atoms with Gasteiger partial charge >= 0.3 is 6.03 Å². The zero-order chi connectivity index (χ0) is 19.3. The van der Waals surface area contributed by atoms with Crippen molar-refractivity contribution in [2.24, 2.45) is 0 Å². The molecule has 2 unspecified atom stereocenters. The van der Waals surface area contributed by atoms with Crippen molar-refractivity contribution in [3.05, 3.63) is 64.4 Å². The lowest BCUT2D eigenvalue weighted by Crippen LogP contribution is -2.37. The third-order valence-corrected chi connectivity index (χ3v) is 7.32. The predicted molar refractivity (Wildman–Crippen MR) is 102 cm³/mol. The standard InChI is InChI=1S/C19H18ClFN2O3S/c1-12-6-7-14(8-15(12)20)23-18-11-27(25,26)10-17(18)22(19(23)24)9-13-4-2-3-5-16(13)21/h2-8,17-18H,9-11H2,1H3. The fraction of sp³-hybridized carbons (Fsp3) is 0.316. The summed E-state index contributed by atoms with van der Waals surface area (Å²) in [7, 11) is -3.29. The molecule has 2 aromatic carbocycles. The molecule has 0 bridgehead atoms. The molecule has 5 nitrogen and oxygen atoms in total. The van der Waals surface area contributed by atoms with Crippen molar-refractivity contribution < 1.29 is 17.6 Å². The summed E-state index contributed by atoms with van der Waals surface area (Å²) in [5.41, 5.74) is 1.78. The summed E-state index contributed by atoms with van der Waals surface area (Å²) in [6.07, 6.45) is 0. The molecule has 0 N–H and O–H groups in total. The molecule has 2 atom stereocenters. The first kappa shape index (κ1) is 18.3. The normalized spacial score (nSPS) is 23.7. The van der Waals surface area contributed by atoms with Crippen molar-refractivity contribution in [1.29, 1.82) is 0 Å². The fourth-order valence-corrected chi connectivity index (χ4v) is 5.93. The number of carbonyl (C=O) groups excluding carboxylic acids is 1. The summed E-state index contributed by atoms with van der Waals surface area (Å²) >= 11 is 6.21. The molecule has 0 aliphatic carbocycles. The second kappa shape index (κ2) is 6.49. The summed E-state index contributed by atoms with van der Waals surface area (Å²) in [4.78, 5) is 16.1. The highest BCUT2D eigenvalue weighted by molar-refractivity contribution is 7.91. The minimum absolute atomic E-state index is 0.0261. The fourth-order valence-electron chi connectivity index (χ4n) is 3.81. The molecule has 2 saturated heterocycles. The van der Waals surface area contributed by atoms with Crippen molar-refractivity contribution in [3.63, 3.8) is 0 Å². The minimum Gasteiger partial charge on any atom is -0.314 e. The highest BCUT2D eigenvalue weighted by Crippen LogP contribution is 2.37. The van der Waals surface area contributed by atoms with E-state index in [-0.39, 0.29) is 24.1 Å². The van der Waals surface area contributed by atoms with Crippen molar-refractivity contribution in [2.45, 2.75) is 25.6 Å². The van der Waals surface area contributed by atoms with Crippen molar-refractivity contribution in [1.82, 2.24) is 4.90 Å². The number of carbonyl (C=O) groups is 1. The van der Waals surface area contributed by atoms with E-state index in [1.165, 1.54) is 15.9 Å². The Morgan fingerprint density at radius 3 is 2.56 bits per heavy atom. The van der Waals surface area contributed by atoms with Gasteiger partial charge in [0, 0.05) is 16.3 Å². The van der Waals surface area contributed by atoms with Gasteiger partial charge in [-0.15, -0.1) is 0 Å². The maximum atomic E-state index is 14.1. The number of sulfone groups is 1. The maximum Gasteiger partial charge on any atom is 0.325 e. The number of nitrogens with zero attached hydrogens (tertiary/aromatic N) is 2. The van der Waals surface area contributed by atoms with E-state index in [1.807, 2.05) is 6.92 Å². The number of amides is 2. The van der Waals surface area contributed by atoms with Gasteiger partial charge < -0.3 is 4.90 Å². The zero-order valence-electron chi connectivity index (χ0n) is 14.6. The second-order valence-electron chi connectivity index (χ2n) is 7.02. The number of fused-ring (bicyclic) bond motifs is 1. The molecule has 0 aromatic heterocycles. The van der Waals surface area contributed by atoms with Gasteiger partial charge in [-0.25, -0.2) is 17.6 Å². The summed E-state index contributed by atoms with van der Waals surface area (Å²) in [5.74, 6) is -0.643. The average molecular weight is 409 g/mol. The maximum absolute atomic E-state index is 14.1. The number of halogens is 2. The first-order valence-electron chi connectivity index (χ1n) is 8.56. The Morgan fingerprint density at radius 2 is 1.85 bits per heavy atom. The lowest BCUT2D eigenvalue weighted by atomic mass is 10.1. The molecule has 0 radical (unpaired) electrons. The molecule has 2 fully saturated rings. The third-order valence-electron chi connectivity index (χ3n) is 5.21. The third kappa shape index (κ3) is 3.19. The van der Waals surface area contributed by atoms with Gasteiger partial charge in [0.1, 0.15) is 5.82 Å². The van der Waals surface area contributed by atoms with E-state index in [9.17, 15) is 17.6 Å². The first-order chi connectivity index (χ1) is 12.8. The molecule has 0 spiro atoms. The lowest BCUT2D eigenvalue weighted by Gasteiger charge is -2.23. The highest BCUT2D eigenvalue weighted by atomic mass is 35.5. The Bertz CT molecular complexity index is 1030. The van der Waals surface area contributed by atoms with Crippen LogP contribution >= 0.6 is 11.6 Å². The molecule has 27 heavy (non-hydrogen) atoms. The number of benzene rings is 2. The molecule has 2 aliphatic rings. The number of anilines is 1. The van der Waals surface area contributed by atoms with Crippen LogP contribution in [0.2, 0.25) is 5.02 Å². The zero-order valence-corrected chi connectivity index (χ0v) is 16.2. The van der Waals surface area contributed by atoms with Gasteiger partial charge in [0.05, 0.1) is 30.1 Å². The average Bonchev–Trinajstić information content (AvgIpc) is 3.03. The Morgan fingerprint density at radius 1 is 1.15 bits per heavy atom. The van der Waals surface area contributed by atoms with Gasteiger partial charge in [0.25, 0.3) is 0 Å². The van der Waals surface area contributed by atoms with E-state index in [1.54, 1.807) is 36.4 Å². The van der Waals surface area contributed by atoms with E-state index >= 15 is 0 Å². The van der Waals surface area contributed by atoms with Crippen LogP contribution in [0.25, 0.3) is 0 Å². The van der Waals surface area contributed by atoms with Crippen LogP contribution in [-0.4, -0.2) is 42.9 Å². The van der Waals surface area contributed by atoms with Gasteiger partial charge in [0.2, 0.25) is 0 Å². The number of urea groups is 1. The van der Waals surface area contributed by atoms with Crippen molar-refractivity contribution in [2.75, 3.05) is 16.4 Å². The van der Waals surface area contributed by atoms with E-state index in [2.05, 4.69) is 0 Å². The van der Waals surface area contributed by atoms with Crippen LogP contribution in [0.3, 0.4) is 0 Å². The van der Waals surface area contributed by atoms with E-state index < -0.39 is 27.7 Å². The molecule has 8 heteroatoms. The molecule has 2 aliphatic heterocycles. The summed E-state index contributed by atoms with van der Waals surface area (Å²) < 4.78 is 38.6. The second-order valence-corrected chi connectivity index (χ2v) is 9.58. The Labute approximate surface area is 162 Å². The van der Waals surface area contributed by atoms with Gasteiger partial charge in [-0.05, 0) is 30.7 Å². The molecule has 0 saturated carbocycles. The number of rotatable bonds is 3. The smallest absolute Gasteiger partial charge is 0.314 e.